The SMILES string of the molecule is Cc1cc(NC(C)CN2CCN(c3ccccn3)CC2)nc(C(F)F)n1. The molecule has 3 heterocycles. The van der Waals surface area contributed by atoms with E-state index < -0.39 is 12.2 Å². The van der Waals surface area contributed by atoms with Gasteiger partial charge in [0.25, 0.3) is 6.43 Å². The molecule has 1 aliphatic rings. The van der Waals surface area contributed by atoms with E-state index in [1.54, 1.807) is 13.0 Å². The fourth-order valence-electron chi connectivity index (χ4n) is 3.15. The Labute approximate surface area is 152 Å². The predicted molar refractivity (Wildman–Crippen MR) is 97.7 cm³/mol. The molecule has 1 aliphatic heterocycles. The zero-order valence-electron chi connectivity index (χ0n) is 15.1. The lowest BCUT2D eigenvalue weighted by Crippen LogP contribution is -2.49. The van der Waals surface area contributed by atoms with Gasteiger partial charge in [-0.2, -0.15) is 0 Å². The van der Waals surface area contributed by atoms with Crippen LogP contribution in [0.5, 0.6) is 0 Å². The third kappa shape index (κ3) is 4.85. The van der Waals surface area contributed by atoms with E-state index in [2.05, 4.69) is 30.1 Å². The second kappa shape index (κ2) is 8.35. The maximum atomic E-state index is 12.8. The highest BCUT2D eigenvalue weighted by atomic mass is 19.3. The summed E-state index contributed by atoms with van der Waals surface area (Å²) in [6, 6.07) is 7.73. The summed E-state index contributed by atoms with van der Waals surface area (Å²) >= 11 is 0. The van der Waals surface area contributed by atoms with Gasteiger partial charge in [-0.25, -0.2) is 23.7 Å². The predicted octanol–water partition coefficient (Wildman–Crippen LogP) is 2.74. The number of hydrogen-bond acceptors (Lipinski definition) is 6. The summed E-state index contributed by atoms with van der Waals surface area (Å²) in [5.74, 6) is 1.03. The van der Waals surface area contributed by atoms with Gasteiger partial charge in [-0.05, 0) is 26.0 Å². The molecule has 26 heavy (non-hydrogen) atoms. The molecule has 8 heteroatoms. The quantitative estimate of drug-likeness (QED) is 0.853. The van der Waals surface area contributed by atoms with Crippen molar-refractivity contribution in [2.24, 2.45) is 0 Å². The number of hydrogen-bond donors (Lipinski definition) is 1. The molecular weight excluding hydrogens is 338 g/mol. The highest BCUT2D eigenvalue weighted by Crippen LogP contribution is 2.18. The number of nitrogens with one attached hydrogen (secondary N) is 1. The lowest BCUT2D eigenvalue weighted by atomic mass is 10.2. The molecule has 6 nitrogen and oxygen atoms in total. The molecule has 2 aromatic heterocycles. The van der Waals surface area contributed by atoms with Crippen molar-refractivity contribution in [3.8, 4) is 0 Å². The van der Waals surface area contributed by atoms with Crippen molar-refractivity contribution >= 4 is 11.6 Å². The summed E-state index contributed by atoms with van der Waals surface area (Å²) in [6.07, 6.45) is -0.851. The number of aryl methyl sites for hydroxylation is 1. The van der Waals surface area contributed by atoms with Gasteiger partial charge < -0.3 is 10.2 Å². The van der Waals surface area contributed by atoms with Crippen LogP contribution in [0.4, 0.5) is 20.4 Å². The molecule has 0 saturated carbocycles. The lowest BCUT2D eigenvalue weighted by molar-refractivity contribution is 0.140. The van der Waals surface area contributed by atoms with Crippen molar-refractivity contribution in [1.82, 2.24) is 19.9 Å². The number of halogens is 2. The van der Waals surface area contributed by atoms with Crippen molar-refractivity contribution in [2.45, 2.75) is 26.3 Å². The van der Waals surface area contributed by atoms with Crippen molar-refractivity contribution in [1.29, 1.82) is 0 Å². The van der Waals surface area contributed by atoms with E-state index in [0.717, 1.165) is 38.5 Å². The highest BCUT2D eigenvalue weighted by molar-refractivity contribution is 5.39. The molecule has 1 fully saturated rings. The zero-order chi connectivity index (χ0) is 18.5. The average molecular weight is 362 g/mol. The Morgan fingerprint density at radius 2 is 1.92 bits per heavy atom. The van der Waals surface area contributed by atoms with Crippen molar-refractivity contribution in [3.05, 3.63) is 42.0 Å². The van der Waals surface area contributed by atoms with Gasteiger partial charge in [0, 0.05) is 56.7 Å². The topological polar surface area (TPSA) is 57.2 Å². The maximum Gasteiger partial charge on any atom is 0.297 e. The van der Waals surface area contributed by atoms with E-state index in [-0.39, 0.29) is 6.04 Å². The number of aromatic nitrogens is 3. The Kier molecular flexibility index (Phi) is 5.92. The first-order chi connectivity index (χ1) is 12.5. The Hall–Kier alpha value is -2.35. The first-order valence-electron chi connectivity index (χ1n) is 8.80. The fraction of sp³-hybridized carbons (Fsp3) is 0.500. The van der Waals surface area contributed by atoms with Crippen LogP contribution in [0.3, 0.4) is 0 Å². The first-order valence-corrected chi connectivity index (χ1v) is 8.80. The largest absolute Gasteiger partial charge is 0.366 e. The van der Waals surface area contributed by atoms with Gasteiger partial charge >= 0.3 is 0 Å². The summed E-state index contributed by atoms with van der Waals surface area (Å²) in [7, 11) is 0. The lowest BCUT2D eigenvalue weighted by Gasteiger charge is -2.36. The van der Waals surface area contributed by atoms with E-state index in [9.17, 15) is 8.78 Å². The molecular formula is C18H24F2N6. The molecule has 0 spiro atoms. The van der Waals surface area contributed by atoms with E-state index in [1.165, 1.54) is 0 Å². The molecule has 3 rings (SSSR count). The van der Waals surface area contributed by atoms with Crippen molar-refractivity contribution in [3.63, 3.8) is 0 Å². The highest BCUT2D eigenvalue weighted by Gasteiger charge is 2.20. The standard InChI is InChI=1S/C18H24F2N6/c1-13-11-15(24-18(23-13)17(19)20)22-14(2)12-25-7-9-26(10-8-25)16-5-3-4-6-21-16/h3-6,11,14,17H,7-10,12H2,1-2H3,(H,22,23,24). The van der Waals surface area contributed by atoms with E-state index in [4.69, 9.17) is 0 Å². The van der Waals surface area contributed by atoms with Crippen LogP contribution in [-0.2, 0) is 0 Å². The Balaban J connectivity index is 1.51. The van der Waals surface area contributed by atoms with Crippen LogP contribution < -0.4 is 10.2 Å². The molecule has 2 aromatic rings. The van der Waals surface area contributed by atoms with Gasteiger partial charge in [-0.1, -0.05) is 6.07 Å². The fourth-order valence-corrected chi connectivity index (χ4v) is 3.15. The Morgan fingerprint density at radius 3 is 2.58 bits per heavy atom. The van der Waals surface area contributed by atoms with Gasteiger partial charge in [0.2, 0.25) is 0 Å². The van der Waals surface area contributed by atoms with Crippen LogP contribution in [0.25, 0.3) is 0 Å². The van der Waals surface area contributed by atoms with Gasteiger partial charge in [0.05, 0.1) is 0 Å². The molecule has 0 aliphatic carbocycles. The third-order valence-electron chi connectivity index (χ3n) is 4.34. The second-order valence-electron chi connectivity index (χ2n) is 6.57. The van der Waals surface area contributed by atoms with Gasteiger partial charge in [-0.15, -0.1) is 0 Å². The maximum absolute atomic E-state index is 12.8. The number of rotatable bonds is 6. The van der Waals surface area contributed by atoms with Crippen LogP contribution in [0.15, 0.2) is 30.5 Å². The molecule has 1 unspecified atom stereocenters. The summed E-state index contributed by atoms with van der Waals surface area (Å²) < 4.78 is 25.7. The van der Waals surface area contributed by atoms with E-state index in [1.807, 2.05) is 31.3 Å². The van der Waals surface area contributed by atoms with Gasteiger partial charge in [-0.3, -0.25) is 4.90 Å². The molecule has 0 radical (unpaired) electrons. The molecule has 0 aromatic carbocycles. The van der Waals surface area contributed by atoms with Crippen LogP contribution in [0.1, 0.15) is 24.9 Å². The summed E-state index contributed by atoms with van der Waals surface area (Å²) in [5.41, 5.74) is 0.536. The molecule has 0 bridgehead atoms. The van der Waals surface area contributed by atoms with Crippen LogP contribution >= 0.6 is 0 Å². The number of alkyl halides is 2. The molecule has 0 amide bonds. The summed E-state index contributed by atoms with van der Waals surface area (Å²) in [6.45, 7) is 8.27. The summed E-state index contributed by atoms with van der Waals surface area (Å²) in [4.78, 5) is 16.7. The minimum atomic E-state index is -2.66. The minimum Gasteiger partial charge on any atom is -0.366 e. The van der Waals surface area contributed by atoms with Gasteiger partial charge in [0.1, 0.15) is 11.6 Å². The molecule has 1 atom stereocenters. The van der Waals surface area contributed by atoms with Crippen LogP contribution in [0.2, 0.25) is 0 Å². The average Bonchev–Trinajstić information content (AvgIpc) is 2.62. The molecule has 140 valence electrons. The number of anilines is 2. The number of piperazine rings is 1. The third-order valence-corrected chi connectivity index (χ3v) is 4.34. The first kappa shape index (κ1) is 18.4. The summed E-state index contributed by atoms with van der Waals surface area (Å²) in [5, 5.41) is 3.22. The van der Waals surface area contributed by atoms with E-state index >= 15 is 0 Å². The van der Waals surface area contributed by atoms with Crippen LogP contribution in [0, 0.1) is 6.92 Å². The van der Waals surface area contributed by atoms with Crippen molar-refractivity contribution in [2.75, 3.05) is 42.9 Å². The number of nitrogens with zero attached hydrogens (tertiary/aromatic N) is 5. The second-order valence-corrected chi connectivity index (χ2v) is 6.57. The van der Waals surface area contributed by atoms with Gasteiger partial charge in [0.15, 0.2) is 5.82 Å². The minimum absolute atomic E-state index is 0.0937. The number of pyridine rings is 1. The Bertz CT molecular complexity index is 704. The normalized spacial score (nSPS) is 16.7. The molecule has 1 N–H and O–H groups in total. The molecule has 1 saturated heterocycles. The monoisotopic (exact) mass is 362 g/mol. The van der Waals surface area contributed by atoms with Crippen LogP contribution in [-0.4, -0.2) is 58.6 Å². The Morgan fingerprint density at radius 1 is 1.15 bits per heavy atom. The van der Waals surface area contributed by atoms with E-state index in [0.29, 0.717) is 11.5 Å². The smallest absolute Gasteiger partial charge is 0.297 e. The van der Waals surface area contributed by atoms with Crippen molar-refractivity contribution < 1.29 is 8.78 Å². The zero-order valence-corrected chi connectivity index (χ0v) is 15.1.